The SMILES string of the molecule is CCN1CCCC1CN1C(Nc2ccc3c(c2)OCCO3)=NC(NC2CCCCCC2)=NC1N. The van der Waals surface area contributed by atoms with Gasteiger partial charge in [0.1, 0.15) is 13.2 Å². The molecule has 2 fully saturated rings. The molecule has 9 nitrogen and oxygen atoms in total. The lowest BCUT2D eigenvalue weighted by Crippen LogP contribution is -2.56. The summed E-state index contributed by atoms with van der Waals surface area (Å²) in [6.07, 6.45) is 9.36. The molecule has 1 aliphatic carbocycles. The minimum atomic E-state index is -0.482. The van der Waals surface area contributed by atoms with Crippen LogP contribution >= 0.6 is 0 Å². The summed E-state index contributed by atoms with van der Waals surface area (Å²) in [6.45, 7) is 6.36. The van der Waals surface area contributed by atoms with Gasteiger partial charge in [-0.25, -0.2) is 4.99 Å². The zero-order valence-corrected chi connectivity index (χ0v) is 20.3. The number of fused-ring (bicyclic) bond motifs is 1. The van der Waals surface area contributed by atoms with E-state index in [1.54, 1.807) is 0 Å². The van der Waals surface area contributed by atoms with Crippen LogP contribution in [0.2, 0.25) is 0 Å². The highest BCUT2D eigenvalue weighted by Crippen LogP contribution is 2.33. The van der Waals surface area contributed by atoms with Crippen molar-refractivity contribution in [3.63, 3.8) is 0 Å². The summed E-state index contributed by atoms with van der Waals surface area (Å²) in [5.41, 5.74) is 7.54. The zero-order valence-electron chi connectivity index (χ0n) is 20.3. The third-order valence-corrected chi connectivity index (χ3v) is 7.36. The fraction of sp³-hybridized carbons (Fsp3) is 0.680. The molecule has 0 amide bonds. The highest BCUT2D eigenvalue weighted by atomic mass is 16.6. The van der Waals surface area contributed by atoms with Crippen LogP contribution in [-0.4, -0.2) is 72.9 Å². The van der Waals surface area contributed by atoms with E-state index in [0.29, 0.717) is 31.3 Å². The van der Waals surface area contributed by atoms with Gasteiger partial charge < -0.3 is 25.0 Å². The smallest absolute Gasteiger partial charge is 0.224 e. The predicted octanol–water partition coefficient (Wildman–Crippen LogP) is 2.94. The number of anilines is 1. The summed E-state index contributed by atoms with van der Waals surface area (Å²) >= 11 is 0. The average Bonchev–Trinajstić information content (AvgIpc) is 3.15. The van der Waals surface area contributed by atoms with Gasteiger partial charge >= 0.3 is 0 Å². The van der Waals surface area contributed by atoms with Gasteiger partial charge in [-0.15, -0.1) is 0 Å². The summed E-state index contributed by atoms with van der Waals surface area (Å²) in [7, 11) is 0. The van der Waals surface area contributed by atoms with E-state index in [4.69, 9.17) is 25.2 Å². The second-order valence-electron chi connectivity index (χ2n) is 9.69. The Morgan fingerprint density at radius 2 is 1.82 bits per heavy atom. The average molecular weight is 470 g/mol. The zero-order chi connectivity index (χ0) is 23.3. The van der Waals surface area contributed by atoms with E-state index < -0.39 is 6.29 Å². The lowest BCUT2D eigenvalue weighted by molar-refractivity contribution is 0.171. The topological polar surface area (TPSA) is 99.7 Å². The number of hydrogen-bond donors (Lipinski definition) is 3. The van der Waals surface area contributed by atoms with Gasteiger partial charge in [0.2, 0.25) is 11.9 Å². The van der Waals surface area contributed by atoms with Gasteiger partial charge in [0.25, 0.3) is 0 Å². The van der Waals surface area contributed by atoms with E-state index in [0.717, 1.165) is 55.6 Å². The van der Waals surface area contributed by atoms with Crippen molar-refractivity contribution in [1.82, 2.24) is 15.1 Å². The molecule has 0 radical (unpaired) electrons. The number of likely N-dealkylation sites (tertiary alicyclic amines) is 1. The third-order valence-electron chi connectivity index (χ3n) is 7.36. The van der Waals surface area contributed by atoms with Crippen molar-refractivity contribution >= 4 is 17.6 Å². The maximum absolute atomic E-state index is 6.64. The molecule has 186 valence electrons. The molecule has 3 heterocycles. The number of likely N-dealkylation sites (N-methyl/N-ethyl adjacent to an activating group) is 1. The molecule has 9 heteroatoms. The molecule has 0 bridgehead atoms. The Bertz CT molecular complexity index is 897. The van der Waals surface area contributed by atoms with Gasteiger partial charge in [0.05, 0.1) is 0 Å². The first-order valence-corrected chi connectivity index (χ1v) is 13.1. The van der Waals surface area contributed by atoms with E-state index in [1.807, 2.05) is 18.2 Å². The first kappa shape index (κ1) is 23.2. The Morgan fingerprint density at radius 3 is 2.62 bits per heavy atom. The minimum Gasteiger partial charge on any atom is -0.486 e. The highest BCUT2D eigenvalue weighted by Gasteiger charge is 2.32. The molecule has 0 spiro atoms. The summed E-state index contributed by atoms with van der Waals surface area (Å²) in [5.74, 6) is 2.90. The number of nitrogens with one attached hydrogen (secondary N) is 2. The molecule has 34 heavy (non-hydrogen) atoms. The van der Waals surface area contributed by atoms with E-state index in [9.17, 15) is 0 Å². The monoisotopic (exact) mass is 469 g/mol. The molecule has 3 aliphatic heterocycles. The third kappa shape index (κ3) is 5.41. The normalized spacial score (nSPS) is 26.0. The summed E-state index contributed by atoms with van der Waals surface area (Å²) < 4.78 is 11.5. The fourth-order valence-electron chi connectivity index (χ4n) is 5.48. The van der Waals surface area contributed by atoms with Crippen molar-refractivity contribution < 1.29 is 9.47 Å². The number of rotatable bonds is 5. The molecule has 2 atom stereocenters. The number of nitrogens with two attached hydrogens (primary N) is 1. The minimum absolute atomic E-state index is 0.407. The van der Waals surface area contributed by atoms with Crippen LogP contribution in [0.5, 0.6) is 11.5 Å². The van der Waals surface area contributed by atoms with E-state index in [1.165, 1.54) is 38.5 Å². The highest BCUT2D eigenvalue weighted by molar-refractivity contribution is 6.03. The first-order valence-electron chi connectivity index (χ1n) is 13.1. The maximum atomic E-state index is 6.64. The second kappa shape index (κ2) is 10.8. The van der Waals surface area contributed by atoms with Crippen molar-refractivity contribution in [2.24, 2.45) is 15.7 Å². The predicted molar refractivity (Wildman–Crippen MR) is 136 cm³/mol. The molecule has 4 N–H and O–H groups in total. The molecule has 4 aliphatic rings. The largest absolute Gasteiger partial charge is 0.486 e. The van der Waals surface area contributed by atoms with Gasteiger partial charge in [0, 0.05) is 30.4 Å². The van der Waals surface area contributed by atoms with Crippen molar-refractivity contribution in [2.45, 2.75) is 76.7 Å². The van der Waals surface area contributed by atoms with Gasteiger partial charge in [-0.05, 0) is 50.9 Å². The lowest BCUT2D eigenvalue weighted by atomic mass is 10.1. The number of ether oxygens (including phenoxy) is 2. The van der Waals surface area contributed by atoms with Crippen molar-refractivity contribution in [2.75, 3.05) is 38.2 Å². The summed E-state index contributed by atoms with van der Waals surface area (Å²) in [6, 6.07) is 6.77. The summed E-state index contributed by atoms with van der Waals surface area (Å²) in [5, 5.41) is 7.11. The van der Waals surface area contributed by atoms with Gasteiger partial charge in [0.15, 0.2) is 17.8 Å². The fourth-order valence-corrected chi connectivity index (χ4v) is 5.48. The quantitative estimate of drug-likeness (QED) is 0.570. The molecule has 1 aromatic carbocycles. The molecule has 1 saturated heterocycles. The number of hydrogen-bond acceptors (Lipinski definition) is 9. The van der Waals surface area contributed by atoms with Gasteiger partial charge in [-0.2, -0.15) is 4.99 Å². The Labute approximate surface area is 202 Å². The van der Waals surface area contributed by atoms with Gasteiger partial charge in [-0.1, -0.05) is 32.6 Å². The number of guanidine groups is 2. The Kier molecular flexibility index (Phi) is 7.39. The molecular formula is C25H39N7O2. The van der Waals surface area contributed by atoms with Crippen LogP contribution < -0.4 is 25.8 Å². The maximum Gasteiger partial charge on any atom is 0.224 e. The first-order chi connectivity index (χ1) is 16.7. The molecule has 0 aromatic heterocycles. The Balaban J connectivity index is 1.37. The Morgan fingerprint density at radius 1 is 1.03 bits per heavy atom. The number of benzene rings is 1. The Hall–Kier alpha value is -2.52. The molecule has 2 unspecified atom stereocenters. The van der Waals surface area contributed by atoms with Crippen LogP contribution in [-0.2, 0) is 0 Å². The van der Waals surface area contributed by atoms with Crippen molar-refractivity contribution in [3.8, 4) is 11.5 Å². The lowest BCUT2D eigenvalue weighted by Gasteiger charge is -2.37. The van der Waals surface area contributed by atoms with Crippen LogP contribution in [0.4, 0.5) is 5.69 Å². The second-order valence-corrected chi connectivity index (χ2v) is 9.69. The van der Waals surface area contributed by atoms with Crippen LogP contribution in [0.25, 0.3) is 0 Å². The molecule has 1 saturated carbocycles. The van der Waals surface area contributed by atoms with Crippen molar-refractivity contribution in [3.05, 3.63) is 18.2 Å². The van der Waals surface area contributed by atoms with E-state index in [2.05, 4.69) is 27.4 Å². The van der Waals surface area contributed by atoms with Crippen molar-refractivity contribution in [1.29, 1.82) is 0 Å². The summed E-state index contributed by atoms with van der Waals surface area (Å²) in [4.78, 5) is 14.3. The molecule has 1 aromatic rings. The van der Waals surface area contributed by atoms with E-state index in [-0.39, 0.29) is 0 Å². The molecule has 5 rings (SSSR count). The van der Waals surface area contributed by atoms with E-state index >= 15 is 0 Å². The standard InChI is InChI=1S/C25H39N7O2/c1-2-31-13-7-10-20(31)17-32-23(26)29-24(27-18-8-5-3-4-6-9-18)30-25(32)28-19-11-12-21-22(16-19)34-15-14-33-21/h11-12,16,18,20,23H,2-10,13-15,17,26H2,1H3,(H2,27,28,29,30). The molecular weight excluding hydrogens is 430 g/mol. The number of nitrogens with zero attached hydrogens (tertiary/aromatic N) is 4. The van der Waals surface area contributed by atoms with Crippen LogP contribution in [0, 0.1) is 0 Å². The van der Waals surface area contributed by atoms with Crippen LogP contribution in [0.15, 0.2) is 28.2 Å². The van der Waals surface area contributed by atoms with Gasteiger partial charge in [-0.3, -0.25) is 10.6 Å². The van der Waals surface area contributed by atoms with Crippen LogP contribution in [0.3, 0.4) is 0 Å². The number of aliphatic imine (C=N–C) groups is 2. The van der Waals surface area contributed by atoms with Crippen LogP contribution in [0.1, 0.15) is 58.3 Å².